The number of sulfone groups is 1. The summed E-state index contributed by atoms with van der Waals surface area (Å²) >= 11 is 0. The zero-order valence-electron chi connectivity index (χ0n) is 29.1. The number of aliphatic imine (C=N–C) groups is 1. The fourth-order valence-electron chi connectivity index (χ4n) is 7.52. The Hall–Kier alpha value is -3.57. The van der Waals surface area contributed by atoms with Crippen molar-refractivity contribution in [2.24, 2.45) is 33.9 Å². The van der Waals surface area contributed by atoms with Crippen molar-refractivity contribution in [3.63, 3.8) is 0 Å². The van der Waals surface area contributed by atoms with Crippen molar-refractivity contribution in [3.8, 4) is 0 Å². The summed E-state index contributed by atoms with van der Waals surface area (Å²) in [5.74, 6) is -1.14. The molecule has 1 heterocycles. The largest absolute Gasteiger partial charge is 0.481 e. The fraction of sp³-hybridized carbons (Fsp3) is 0.688. The van der Waals surface area contributed by atoms with E-state index in [0.29, 0.717) is 18.3 Å². The van der Waals surface area contributed by atoms with Crippen LogP contribution < -0.4 is 21.8 Å². The number of carbonyl (C=O) groups excluding carboxylic acids is 3. The maximum absolute atomic E-state index is 13.8. The molecule has 5 N–H and O–H groups in total. The quantitative estimate of drug-likeness (QED) is 0.0372. The molecule has 3 aliphatic carbocycles. The van der Waals surface area contributed by atoms with Crippen molar-refractivity contribution in [1.82, 2.24) is 16.1 Å². The van der Waals surface area contributed by atoms with Crippen molar-refractivity contribution in [2.45, 2.75) is 108 Å². The third-order valence-electron chi connectivity index (χ3n) is 10.3. The molecule has 1 aliphatic heterocycles. The number of hydrogen-bond donors (Lipinski definition) is 4. The normalized spacial score (nSPS) is 25.5. The van der Waals surface area contributed by atoms with Gasteiger partial charge in [-0.2, -0.15) is 0 Å². The van der Waals surface area contributed by atoms with E-state index in [0.717, 1.165) is 19.1 Å². The molecule has 17 heteroatoms. The zero-order chi connectivity index (χ0) is 36.3. The van der Waals surface area contributed by atoms with Gasteiger partial charge in [-0.25, -0.2) is 23.5 Å². The summed E-state index contributed by atoms with van der Waals surface area (Å²) in [6.45, 7) is 10.8. The predicted octanol–water partition coefficient (Wildman–Crippen LogP) is 2.21. The zero-order valence-corrected chi connectivity index (χ0v) is 29.9. The Balaban J connectivity index is 1.42. The fourth-order valence-corrected chi connectivity index (χ4v) is 8.15. The van der Waals surface area contributed by atoms with E-state index in [1.54, 1.807) is 5.43 Å². The van der Waals surface area contributed by atoms with Crippen LogP contribution in [0.4, 0.5) is 0 Å². The molecule has 4 fully saturated rings. The van der Waals surface area contributed by atoms with Gasteiger partial charge in [0.15, 0.2) is 20.7 Å². The van der Waals surface area contributed by atoms with Gasteiger partial charge < -0.3 is 25.7 Å². The number of amides is 2. The predicted molar refractivity (Wildman–Crippen MR) is 182 cm³/mol. The van der Waals surface area contributed by atoms with Gasteiger partial charge in [0.05, 0.1) is 22.5 Å². The number of nitrogens with two attached hydrogens (primary N) is 1. The highest BCUT2D eigenvalue weighted by Gasteiger charge is 2.68. The third kappa shape index (κ3) is 9.17. The number of nitrogens with zero attached hydrogens (tertiary/aromatic N) is 2. The van der Waals surface area contributed by atoms with E-state index in [-0.39, 0.29) is 71.9 Å². The summed E-state index contributed by atoms with van der Waals surface area (Å²) in [6.07, 6.45) is 3.56. The van der Waals surface area contributed by atoms with E-state index in [1.807, 2.05) is 13.8 Å². The van der Waals surface area contributed by atoms with Gasteiger partial charge in [0.1, 0.15) is 6.04 Å². The summed E-state index contributed by atoms with van der Waals surface area (Å²) < 4.78 is 36.6. The molecule has 0 unspecified atom stereocenters. The van der Waals surface area contributed by atoms with Gasteiger partial charge in [0, 0.05) is 31.2 Å². The minimum atomic E-state index is -3.43. The van der Waals surface area contributed by atoms with Gasteiger partial charge in [-0.15, -0.1) is 0 Å². The van der Waals surface area contributed by atoms with E-state index < -0.39 is 51.4 Å². The standard InChI is InChI=1S/C32H49BN6O9S/c1-19(2)16-27(33-47-26-18-21-17-25(31(21,3)4)32(26,5)48-33)37-29(42)23(8-7-15-35-30(34)38-39(43)44)36-28(41)14-13-24(40)20-9-11-22(12-10-20)49(6,45)46/h9-12,19,21,23,25-27H,7-8,13-18H2,1-6H3,(H,36,41)(H,37,42)(H3,34,35,38)/t21-,23+,25-,26-,27+,32+/m1/s1. The number of nitro groups is 1. The van der Waals surface area contributed by atoms with Crippen molar-refractivity contribution in [2.75, 3.05) is 12.8 Å². The van der Waals surface area contributed by atoms with E-state index in [9.17, 15) is 32.9 Å². The van der Waals surface area contributed by atoms with Crippen LogP contribution in [0.1, 0.15) is 89.9 Å². The van der Waals surface area contributed by atoms with E-state index in [1.165, 1.54) is 24.3 Å². The first-order valence-electron chi connectivity index (χ1n) is 16.8. The molecular formula is C32H49BN6O9S. The van der Waals surface area contributed by atoms with Crippen molar-refractivity contribution in [3.05, 3.63) is 39.9 Å². The van der Waals surface area contributed by atoms with Crippen LogP contribution in [0.5, 0.6) is 0 Å². The first-order chi connectivity index (χ1) is 22.8. The summed E-state index contributed by atoms with van der Waals surface area (Å²) in [5.41, 5.74) is 7.21. The lowest BCUT2D eigenvalue weighted by Crippen LogP contribution is -2.65. The molecule has 4 aliphatic rings. The average Bonchev–Trinajstić information content (AvgIpc) is 3.37. The van der Waals surface area contributed by atoms with Crippen molar-refractivity contribution in [1.29, 1.82) is 0 Å². The summed E-state index contributed by atoms with van der Waals surface area (Å²) in [7, 11) is -4.09. The minimum absolute atomic E-state index is 0.0525. The highest BCUT2D eigenvalue weighted by Crippen LogP contribution is 2.65. The molecule has 2 bridgehead atoms. The van der Waals surface area contributed by atoms with Crippen LogP contribution in [0, 0.1) is 33.3 Å². The van der Waals surface area contributed by atoms with Gasteiger partial charge in [0.2, 0.25) is 11.8 Å². The molecule has 6 atom stereocenters. The van der Waals surface area contributed by atoms with Crippen LogP contribution >= 0.6 is 0 Å². The Kier molecular flexibility index (Phi) is 11.8. The van der Waals surface area contributed by atoms with Crippen LogP contribution in [-0.4, -0.2) is 80.6 Å². The monoisotopic (exact) mass is 704 g/mol. The first kappa shape index (κ1) is 38.2. The average molecular weight is 705 g/mol. The highest BCUT2D eigenvalue weighted by atomic mass is 32.2. The molecule has 1 aromatic carbocycles. The smallest absolute Gasteiger partial charge is 0.404 e. The van der Waals surface area contributed by atoms with Crippen LogP contribution in [0.25, 0.3) is 0 Å². The van der Waals surface area contributed by atoms with Gasteiger partial charge in [-0.3, -0.25) is 14.4 Å². The first-order valence-corrected chi connectivity index (χ1v) is 18.7. The molecule has 1 aromatic rings. The Labute approximate surface area is 288 Å². The lowest BCUT2D eigenvalue weighted by molar-refractivity contribution is -0.525. The number of hydrazine groups is 1. The van der Waals surface area contributed by atoms with Crippen LogP contribution in [-0.2, 0) is 28.7 Å². The molecule has 270 valence electrons. The molecule has 5 rings (SSSR count). The van der Waals surface area contributed by atoms with Gasteiger partial charge >= 0.3 is 7.12 Å². The Morgan fingerprint density at radius 1 is 1.12 bits per heavy atom. The van der Waals surface area contributed by atoms with Crippen LogP contribution in [0.15, 0.2) is 34.2 Å². The van der Waals surface area contributed by atoms with Crippen molar-refractivity contribution < 1.29 is 37.1 Å². The topological polar surface area (TPSA) is 221 Å². The SMILES string of the molecule is CC(C)C[C@H](NC(=O)[C@H](CCCN=C(N)N[N+](=O)[O-])NC(=O)CCC(=O)c1ccc(S(C)(=O)=O)cc1)B1O[C@@H]2C[C@H]3C[C@H](C3(C)C)[C@]2(C)O1. The lowest BCUT2D eigenvalue weighted by atomic mass is 9.43. The number of hydrogen-bond acceptors (Lipinski definition) is 10. The minimum Gasteiger partial charge on any atom is -0.404 e. The molecular weight excluding hydrogens is 655 g/mol. The number of rotatable bonds is 16. The number of Topliss-reactive ketones (excluding diaryl/α,β-unsaturated/α-hetero) is 1. The van der Waals surface area contributed by atoms with Gasteiger partial charge in [0.25, 0.3) is 5.96 Å². The number of nitrogens with one attached hydrogen (secondary N) is 3. The second-order valence-electron chi connectivity index (χ2n) is 14.7. The summed E-state index contributed by atoms with van der Waals surface area (Å²) in [4.78, 5) is 54.3. The summed E-state index contributed by atoms with van der Waals surface area (Å²) in [5, 5.41) is 15.6. The van der Waals surface area contributed by atoms with Gasteiger partial charge in [-0.05, 0) is 74.3 Å². The van der Waals surface area contributed by atoms with Crippen LogP contribution in [0.3, 0.4) is 0 Å². The van der Waals surface area contributed by atoms with E-state index >= 15 is 0 Å². The van der Waals surface area contributed by atoms with E-state index in [2.05, 4.69) is 36.4 Å². The maximum Gasteiger partial charge on any atom is 0.481 e. The molecule has 3 saturated carbocycles. The number of benzene rings is 1. The lowest BCUT2D eigenvalue weighted by Gasteiger charge is -2.64. The molecule has 15 nitrogen and oxygen atoms in total. The second kappa shape index (κ2) is 15.1. The molecule has 0 radical (unpaired) electrons. The number of carbonyl (C=O) groups is 3. The van der Waals surface area contributed by atoms with E-state index in [4.69, 9.17) is 15.0 Å². The van der Waals surface area contributed by atoms with Crippen molar-refractivity contribution >= 4 is 40.5 Å². The third-order valence-corrected chi connectivity index (χ3v) is 11.5. The number of guanidine groups is 1. The Bertz CT molecular complexity index is 1550. The Morgan fingerprint density at radius 3 is 2.39 bits per heavy atom. The highest BCUT2D eigenvalue weighted by molar-refractivity contribution is 7.90. The number of ketones is 1. The molecule has 1 saturated heterocycles. The molecule has 0 aromatic heterocycles. The van der Waals surface area contributed by atoms with Crippen LogP contribution in [0.2, 0.25) is 0 Å². The molecule has 0 spiro atoms. The maximum atomic E-state index is 13.8. The van der Waals surface area contributed by atoms with Gasteiger partial charge in [-0.1, -0.05) is 45.3 Å². The second-order valence-corrected chi connectivity index (χ2v) is 16.7. The Morgan fingerprint density at radius 2 is 1.80 bits per heavy atom. The molecule has 49 heavy (non-hydrogen) atoms. The summed E-state index contributed by atoms with van der Waals surface area (Å²) in [6, 6.07) is 4.46. The molecule has 2 amide bonds.